The lowest BCUT2D eigenvalue weighted by Crippen LogP contribution is -2.36. The summed E-state index contributed by atoms with van der Waals surface area (Å²) in [5.41, 5.74) is 1.88. The number of urea groups is 1. The lowest BCUT2D eigenvalue weighted by molar-refractivity contribution is 0.240. The fourth-order valence-corrected chi connectivity index (χ4v) is 2.19. The molecule has 0 aliphatic carbocycles. The number of fused-ring (bicyclic) bond motifs is 1. The van der Waals surface area contributed by atoms with E-state index in [2.05, 4.69) is 20.8 Å². The topological polar surface area (TPSA) is 71.3 Å². The van der Waals surface area contributed by atoms with Crippen LogP contribution in [0.3, 0.4) is 0 Å². The fourth-order valence-electron chi connectivity index (χ4n) is 2.19. The van der Waals surface area contributed by atoms with Gasteiger partial charge in [-0.05, 0) is 17.7 Å². The maximum Gasteiger partial charge on any atom is 0.315 e. The molecule has 0 radical (unpaired) electrons. The SMILES string of the molecule is O=C(NCCc1nnc2ccccn12)NCc1ccccc1. The molecule has 2 heterocycles. The van der Waals surface area contributed by atoms with Crippen molar-refractivity contribution in [3.63, 3.8) is 0 Å². The highest BCUT2D eigenvalue weighted by molar-refractivity contribution is 5.73. The zero-order valence-electron chi connectivity index (χ0n) is 12.1. The van der Waals surface area contributed by atoms with Crippen LogP contribution in [-0.4, -0.2) is 27.2 Å². The lowest BCUT2D eigenvalue weighted by Gasteiger charge is -2.07. The van der Waals surface area contributed by atoms with Gasteiger partial charge in [-0.15, -0.1) is 10.2 Å². The summed E-state index contributed by atoms with van der Waals surface area (Å²) in [6.07, 6.45) is 2.55. The fraction of sp³-hybridized carbons (Fsp3) is 0.188. The average Bonchev–Trinajstić information content (AvgIpc) is 2.97. The second kappa shape index (κ2) is 6.71. The number of nitrogens with one attached hydrogen (secondary N) is 2. The standard InChI is InChI=1S/C16H17N5O/c22-16(18-12-13-6-2-1-3-7-13)17-10-9-15-20-19-14-8-4-5-11-21(14)15/h1-8,11H,9-10,12H2,(H2,17,18,22). The zero-order chi connectivity index (χ0) is 15.2. The van der Waals surface area contributed by atoms with Crippen molar-refractivity contribution < 1.29 is 4.79 Å². The van der Waals surface area contributed by atoms with Crippen molar-refractivity contribution in [1.29, 1.82) is 0 Å². The Labute approximate surface area is 128 Å². The van der Waals surface area contributed by atoms with Crippen LogP contribution in [0, 0.1) is 0 Å². The van der Waals surface area contributed by atoms with Crippen LogP contribution in [0.15, 0.2) is 54.7 Å². The van der Waals surface area contributed by atoms with E-state index >= 15 is 0 Å². The van der Waals surface area contributed by atoms with Crippen molar-refractivity contribution >= 4 is 11.7 Å². The normalized spacial score (nSPS) is 10.5. The molecule has 1 aromatic carbocycles. The first-order valence-corrected chi connectivity index (χ1v) is 7.17. The monoisotopic (exact) mass is 295 g/mol. The second-order valence-electron chi connectivity index (χ2n) is 4.89. The molecule has 6 heteroatoms. The lowest BCUT2D eigenvalue weighted by atomic mass is 10.2. The highest BCUT2D eigenvalue weighted by Gasteiger charge is 2.05. The van der Waals surface area contributed by atoms with Crippen molar-refractivity contribution in [1.82, 2.24) is 25.2 Å². The number of nitrogens with zero attached hydrogens (tertiary/aromatic N) is 3. The van der Waals surface area contributed by atoms with E-state index in [4.69, 9.17) is 0 Å². The second-order valence-corrected chi connectivity index (χ2v) is 4.89. The molecule has 0 atom stereocenters. The Morgan fingerprint density at radius 3 is 2.68 bits per heavy atom. The van der Waals surface area contributed by atoms with Crippen LogP contribution in [0.5, 0.6) is 0 Å². The van der Waals surface area contributed by atoms with E-state index in [0.717, 1.165) is 17.0 Å². The maximum atomic E-state index is 11.7. The molecule has 0 aliphatic heterocycles. The van der Waals surface area contributed by atoms with E-state index in [0.29, 0.717) is 19.5 Å². The first-order chi connectivity index (χ1) is 10.8. The molecule has 2 N–H and O–H groups in total. The molecular formula is C16H17N5O. The summed E-state index contributed by atoms with van der Waals surface area (Å²) in [5.74, 6) is 0.832. The molecule has 3 aromatic rings. The minimum atomic E-state index is -0.183. The number of aromatic nitrogens is 3. The minimum Gasteiger partial charge on any atom is -0.338 e. The van der Waals surface area contributed by atoms with Gasteiger partial charge in [0.15, 0.2) is 5.65 Å². The third-order valence-corrected chi connectivity index (χ3v) is 3.31. The molecule has 112 valence electrons. The molecule has 3 rings (SSSR count). The van der Waals surface area contributed by atoms with Crippen molar-refractivity contribution in [2.75, 3.05) is 6.54 Å². The minimum absolute atomic E-state index is 0.183. The van der Waals surface area contributed by atoms with E-state index < -0.39 is 0 Å². The van der Waals surface area contributed by atoms with Gasteiger partial charge in [-0.2, -0.15) is 0 Å². The smallest absolute Gasteiger partial charge is 0.315 e. The first kappa shape index (κ1) is 14.1. The molecule has 0 fully saturated rings. The summed E-state index contributed by atoms with van der Waals surface area (Å²) < 4.78 is 1.92. The van der Waals surface area contributed by atoms with Gasteiger partial charge in [0.1, 0.15) is 5.82 Å². The molecule has 0 bridgehead atoms. The van der Waals surface area contributed by atoms with Gasteiger partial charge in [-0.1, -0.05) is 36.4 Å². The Hall–Kier alpha value is -2.89. The molecule has 0 saturated heterocycles. The van der Waals surface area contributed by atoms with Gasteiger partial charge in [0.05, 0.1) is 0 Å². The predicted octanol–water partition coefficient (Wildman–Crippen LogP) is 1.77. The van der Waals surface area contributed by atoms with Crippen LogP contribution in [0.4, 0.5) is 4.79 Å². The number of hydrogen-bond donors (Lipinski definition) is 2. The average molecular weight is 295 g/mol. The highest BCUT2D eigenvalue weighted by atomic mass is 16.2. The van der Waals surface area contributed by atoms with Crippen LogP contribution >= 0.6 is 0 Å². The van der Waals surface area contributed by atoms with Gasteiger partial charge in [-0.25, -0.2) is 4.79 Å². The van der Waals surface area contributed by atoms with Crippen LogP contribution in [-0.2, 0) is 13.0 Å². The zero-order valence-corrected chi connectivity index (χ0v) is 12.1. The third kappa shape index (κ3) is 3.41. The summed E-state index contributed by atoms with van der Waals surface area (Å²) in [4.78, 5) is 11.7. The first-order valence-electron chi connectivity index (χ1n) is 7.17. The Morgan fingerprint density at radius 1 is 1.00 bits per heavy atom. The van der Waals surface area contributed by atoms with Gasteiger partial charge in [0, 0.05) is 25.7 Å². The summed E-state index contributed by atoms with van der Waals surface area (Å²) >= 11 is 0. The Bertz CT molecular complexity index is 753. The number of hydrogen-bond acceptors (Lipinski definition) is 3. The van der Waals surface area contributed by atoms with Gasteiger partial charge in [0.2, 0.25) is 0 Å². The molecule has 0 unspecified atom stereocenters. The summed E-state index contributed by atoms with van der Waals surface area (Å²) in [7, 11) is 0. The van der Waals surface area contributed by atoms with Crippen molar-refractivity contribution in [3.8, 4) is 0 Å². The van der Waals surface area contributed by atoms with Crippen molar-refractivity contribution in [2.45, 2.75) is 13.0 Å². The van der Waals surface area contributed by atoms with Gasteiger partial charge in [-0.3, -0.25) is 4.40 Å². The molecule has 2 aromatic heterocycles. The van der Waals surface area contributed by atoms with Crippen LogP contribution in [0.25, 0.3) is 5.65 Å². The number of pyridine rings is 1. The van der Waals surface area contributed by atoms with Crippen molar-refractivity contribution in [2.24, 2.45) is 0 Å². The van der Waals surface area contributed by atoms with E-state index in [1.54, 1.807) is 0 Å². The molecule has 0 spiro atoms. The number of carbonyl (C=O) groups excluding carboxylic acids is 1. The quantitative estimate of drug-likeness (QED) is 0.753. The van der Waals surface area contributed by atoms with E-state index in [-0.39, 0.29) is 6.03 Å². The summed E-state index contributed by atoms with van der Waals surface area (Å²) in [6, 6.07) is 15.4. The number of amides is 2. The summed E-state index contributed by atoms with van der Waals surface area (Å²) in [5, 5.41) is 13.9. The molecule has 0 saturated carbocycles. The third-order valence-electron chi connectivity index (χ3n) is 3.31. The number of benzene rings is 1. The maximum absolute atomic E-state index is 11.7. The van der Waals surface area contributed by atoms with E-state index in [1.807, 2.05) is 59.1 Å². The number of rotatable bonds is 5. The molecule has 2 amide bonds. The van der Waals surface area contributed by atoms with Gasteiger partial charge >= 0.3 is 6.03 Å². The van der Waals surface area contributed by atoms with Crippen LogP contribution in [0.1, 0.15) is 11.4 Å². The molecule has 6 nitrogen and oxygen atoms in total. The van der Waals surface area contributed by atoms with Gasteiger partial charge < -0.3 is 10.6 Å². The summed E-state index contributed by atoms with van der Waals surface area (Å²) in [6.45, 7) is 1.02. The van der Waals surface area contributed by atoms with E-state index in [1.165, 1.54) is 0 Å². The molecular weight excluding hydrogens is 278 g/mol. The predicted molar refractivity (Wildman–Crippen MR) is 83.4 cm³/mol. The largest absolute Gasteiger partial charge is 0.338 e. The molecule has 0 aliphatic rings. The number of carbonyl (C=O) groups is 1. The Morgan fingerprint density at radius 2 is 1.82 bits per heavy atom. The highest BCUT2D eigenvalue weighted by Crippen LogP contribution is 2.02. The van der Waals surface area contributed by atoms with Crippen LogP contribution in [0.2, 0.25) is 0 Å². The van der Waals surface area contributed by atoms with Gasteiger partial charge in [0.25, 0.3) is 0 Å². The van der Waals surface area contributed by atoms with Crippen LogP contribution < -0.4 is 10.6 Å². The Kier molecular flexibility index (Phi) is 4.29. The van der Waals surface area contributed by atoms with Crippen molar-refractivity contribution in [3.05, 3.63) is 66.1 Å². The van der Waals surface area contributed by atoms with E-state index in [9.17, 15) is 4.79 Å². The molecule has 22 heavy (non-hydrogen) atoms. The Balaban J connectivity index is 1.45.